The Morgan fingerprint density at radius 2 is 1.57 bits per heavy atom. The van der Waals surface area contributed by atoms with Gasteiger partial charge < -0.3 is 5.73 Å². The highest BCUT2D eigenvalue weighted by atomic mass is 35.5. The molecule has 0 bridgehead atoms. The summed E-state index contributed by atoms with van der Waals surface area (Å²) in [5, 5.41) is 0. The molecular formula is C7H9Cl2F3N2. The van der Waals surface area contributed by atoms with Crippen LogP contribution in [-0.2, 0) is 0 Å². The maximum atomic E-state index is 12.0. The first-order valence-electron chi connectivity index (χ1n) is 3.24. The summed E-state index contributed by atoms with van der Waals surface area (Å²) in [6, 6.07) is 0.580. The average Bonchev–Trinajstić information content (AvgIpc) is 2.03. The first kappa shape index (κ1) is 15.9. The molecule has 1 atom stereocenters. The van der Waals surface area contributed by atoms with Crippen LogP contribution in [0, 0.1) is 0 Å². The lowest BCUT2D eigenvalue weighted by Gasteiger charge is -2.14. The second-order valence-corrected chi connectivity index (χ2v) is 2.30. The Bertz CT molecular complexity index is 253. The third-order valence-electron chi connectivity index (χ3n) is 1.42. The van der Waals surface area contributed by atoms with E-state index in [1.165, 1.54) is 24.5 Å². The van der Waals surface area contributed by atoms with Crippen LogP contribution in [0.4, 0.5) is 13.2 Å². The van der Waals surface area contributed by atoms with Gasteiger partial charge in [-0.1, -0.05) is 0 Å². The van der Waals surface area contributed by atoms with Gasteiger partial charge in [0.1, 0.15) is 6.04 Å². The molecule has 0 fully saturated rings. The van der Waals surface area contributed by atoms with Gasteiger partial charge >= 0.3 is 6.18 Å². The van der Waals surface area contributed by atoms with Crippen molar-refractivity contribution in [2.75, 3.05) is 0 Å². The Balaban J connectivity index is 0. The van der Waals surface area contributed by atoms with Crippen LogP contribution < -0.4 is 5.73 Å². The summed E-state index contributed by atoms with van der Waals surface area (Å²) in [6.07, 6.45) is -1.83. The fourth-order valence-electron chi connectivity index (χ4n) is 0.760. The molecule has 0 amide bonds. The van der Waals surface area contributed by atoms with Gasteiger partial charge in [0.2, 0.25) is 0 Å². The summed E-state index contributed by atoms with van der Waals surface area (Å²) in [6.45, 7) is 0. The zero-order valence-electron chi connectivity index (χ0n) is 6.86. The summed E-state index contributed by atoms with van der Waals surface area (Å²) in [5.74, 6) is 0. The van der Waals surface area contributed by atoms with E-state index in [0.29, 0.717) is 0 Å². The Labute approximate surface area is 91.5 Å². The second kappa shape index (κ2) is 6.06. The molecule has 0 saturated carbocycles. The van der Waals surface area contributed by atoms with Crippen molar-refractivity contribution in [2.45, 2.75) is 12.2 Å². The molecule has 2 nitrogen and oxygen atoms in total. The largest absolute Gasteiger partial charge is 0.407 e. The smallest absolute Gasteiger partial charge is 0.316 e. The number of hydrogen-bond donors (Lipinski definition) is 1. The van der Waals surface area contributed by atoms with Gasteiger partial charge in [-0.05, 0) is 17.7 Å². The normalized spacial score (nSPS) is 12.3. The minimum Gasteiger partial charge on any atom is -0.316 e. The quantitative estimate of drug-likeness (QED) is 0.830. The summed E-state index contributed by atoms with van der Waals surface area (Å²) in [5.41, 5.74) is 4.94. The zero-order valence-corrected chi connectivity index (χ0v) is 8.49. The van der Waals surface area contributed by atoms with Crippen molar-refractivity contribution >= 4 is 24.8 Å². The Morgan fingerprint density at radius 1 is 1.14 bits per heavy atom. The summed E-state index contributed by atoms with van der Waals surface area (Å²) < 4.78 is 36.0. The molecule has 1 heterocycles. The third-order valence-corrected chi connectivity index (χ3v) is 1.42. The molecule has 1 rings (SSSR count). The second-order valence-electron chi connectivity index (χ2n) is 2.30. The van der Waals surface area contributed by atoms with E-state index in [4.69, 9.17) is 5.73 Å². The van der Waals surface area contributed by atoms with Crippen molar-refractivity contribution in [3.63, 3.8) is 0 Å². The molecule has 7 heteroatoms. The molecule has 0 saturated heterocycles. The molecule has 14 heavy (non-hydrogen) atoms. The van der Waals surface area contributed by atoms with E-state index in [2.05, 4.69) is 4.98 Å². The van der Waals surface area contributed by atoms with Gasteiger partial charge in [0.15, 0.2) is 0 Å². The first-order valence-corrected chi connectivity index (χ1v) is 3.24. The van der Waals surface area contributed by atoms with E-state index in [1.807, 2.05) is 0 Å². The molecule has 0 radical (unpaired) electrons. The molecule has 0 aliphatic heterocycles. The highest BCUT2D eigenvalue weighted by molar-refractivity contribution is 5.85. The fourth-order valence-corrected chi connectivity index (χ4v) is 0.760. The van der Waals surface area contributed by atoms with Crippen molar-refractivity contribution in [3.05, 3.63) is 30.1 Å². The molecule has 0 aliphatic rings. The standard InChI is InChI=1S/C7H7F3N2.2ClH/c8-7(9,10)6(11)5-1-3-12-4-2-5;;/h1-4,6H,11H2;2*1H. The fraction of sp³-hybridized carbons (Fsp3) is 0.286. The molecule has 0 aromatic carbocycles. The van der Waals surface area contributed by atoms with E-state index in [-0.39, 0.29) is 30.4 Å². The van der Waals surface area contributed by atoms with E-state index in [9.17, 15) is 13.2 Å². The number of halogens is 5. The van der Waals surface area contributed by atoms with E-state index in [0.717, 1.165) is 0 Å². The lowest BCUT2D eigenvalue weighted by molar-refractivity contribution is -0.149. The highest BCUT2D eigenvalue weighted by Crippen LogP contribution is 2.29. The van der Waals surface area contributed by atoms with Crippen LogP contribution in [0.1, 0.15) is 11.6 Å². The molecule has 0 spiro atoms. The van der Waals surface area contributed by atoms with Crippen molar-refractivity contribution < 1.29 is 13.2 Å². The molecule has 1 aromatic heterocycles. The molecule has 0 aliphatic carbocycles. The van der Waals surface area contributed by atoms with Gasteiger partial charge in [0, 0.05) is 12.4 Å². The van der Waals surface area contributed by atoms with Gasteiger partial charge in [0.25, 0.3) is 0 Å². The molecule has 1 aromatic rings. The lowest BCUT2D eigenvalue weighted by atomic mass is 10.1. The van der Waals surface area contributed by atoms with E-state index in [1.54, 1.807) is 0 Å². The zero-order chi connectivity index (χ0) is 9.19. The van der Waals surface area contributed by atoms with Crippen molar-refractivity contribution in [1.29, 1.82) is 0 Å². The van der Waals surface area contributed by atoms with Gasteiger partial charge in [-0.2, -0.15) is 13.2 Å². The lowest BCUT2D eigenvalue weighted by Crippen LogP contribution is -2.28. The number of aromatic nitrogens is 1. The number of nitrogens with zero attached hydrogens (tertiary/aromatic N) is 1. The number of nitrogens with two attached hydrogens (primary N) is 1. The number of hydrogen-bond acceptors (Lipinski definition) is 2. The van der Waals surface area contributed by atoms with E-state index >= 15 is 0 Å². The summed E-state index contributed by atoms with van der Waals surface area (Å²) >= 11 is 0. The topological polar surface area (TPSA) is 38.9 Å². The van der Waals surface area contributed by atoms with Crippen LogP contribution in [0.2, 0.25) is 0 Å². The van der Waals surface area contributed by atoms with Gasteiger partial charge in [-0.25, -0.2) is 0 Å². The Kier molecular flexibility index (Phi) is 6.89. The van der Waals surface area contributed by atoms with Crippen molar-refractivity contribution in [2.24, 2.45) is 5.73 Å². The minimum absolute atomic E-state index is 0. The van der Waals surface area contributed by atoms with Crippen LogP contribution in [0.5, 0.6) is 0 Å². The SMILES string of the molecule is Cl.Cl.NC(c1ccncc1)C(F)(F)F. The minimum atomic E-state index is -4.39. The summed E-state index contributed by atoms with van der Waals surface area (Å²) in [4.78, 5) is 3.59. The maximum Gasteiger partial charge on any atom is 0.407 e. The third kappa shape index (κ3) is 4.13. The van der Waals surface area contributed by atoms with Gasteiger partial charge in [-0.3, -0.25) is 4.98 Å². The van der Waals surface area contributed by atoms with E-state index < -0.39 is 12.2 Å². The van der Waals surface area contributed by atoms with Crippen LogP contribution in [0.15, 0.2) is 24.5 Å². The maximum absolute atomic E-state index is 12.0. The highest BCUT2D eigenvalue weighted by Gasteiger charge is 2.37. The van der Waals surface area contributed by atoms with Crippen LogP contribution in [-0.4, -0.2) is 11.2 Å². The Hall–Kier alpha value is -0.520. The predicted molar refractivity (Wildman–Crippen MR) is 51.7 cm³/mol. The van der Waals surface area contributed by atoms with Crippen LogP contribution in [0.25, 0.3) is 0 Å². The van der Waals surface area contributed by atoms with Crippen molar-refractivity contribution in [1.82, 2.24) is 4.98 Å². The number of alkyl halides is 3. The van der Waals surface area contributed by atoms with Crippen LogP contribution in [0.3, 0.4) is 0 Å². The molecular weight excluding hydrogens is 240 g/mol. The average molecular weight is 249 g/mol. The van der Waals surface area contributed by atoms with Gasteiger partial charge in [-0.15, -0.1) is 24.8 Å². The Morgan fingerprint density at radius 3 is 1.93 bits per heavy atom. The summed E-state index contributed by atoms with van der Waals surface area (Å²) in [7, 11) is 0. The van der Waals surface area contributed by atoms with Crippen LogP contribution >= 0.6 is 24.8 Å². The monoisotopic (exact) mass is 248 g/mol. The number of rotatable bonds is 1. The molecule has 2 N–H and O–H groups in total. The predicted octanol–water partition coefficient (Wildman–Crippen LogP) is 2.49. The molecule has 82 valence electrons. The number of pyridine rings is 1. The molecule has 1 unspecified atom stereocenters. The van der Waals surface area contributed by atoms with Gasteiger partial charge in [0.05, 0.1) is 0 Å². The first-order chi connectivity index (χ1) is 5.52. The van der Waals surface area contributed by atoms with Crippen molar-refractivity contribution in [3.8, 4) is 0 Å².